The molecular formula is C31H41NO7. The van der Waals surface area contributed by atoms with Gasteiger partial charge in [-0.2, -0.15) is 0 Å². The number of nitrogens with one attached hydrogen (secondary N) is 1. The van der Waals surface area contributed by atoms with Crippen molar-refractivity contribution in [1.29, 1.82) is 0 Å². The molecule has 3 rings (SSSR count). The van der Waals surface area contributed by atoms with Gasteiger partial charge in [0.2, 0.25) is 12.7 Å². The molecule has 0 saturated heterocycles. The Morgan fingerprint density at radius 2 is 1.87 bits per heavy atom. The van der Waals surface area contributed by atoms with Crippen LogP contribution in [-0.2, 0) is 31.0 Å². The number of benzene rings is 2. The van der Waals surface area contributed by atoms with E-state index in [1.54, 1.807) is 0 Å². The average Bonchev–Trinajstić information content (AvgIpc) is 3.34. The molecule has 0 aromatic heterocycles. The van der Waals surface area contributed by atoms with Crippen LogP contribution in [0.5, 0.6) is 11.5 Å². The first kappa shape index (κ1) is 30.0. The number of fused-ring (bicyclic) bond motifs is 1. The quantitative estimate of drug-likeness (QED) is 0.163. The topological polar surface area (TPSA) is 111 Å². The number of para-hydroxylation sites is 1. The van der Waals surface area contributed by atoms with Gasteiger partial charge in [-0.3, -0.25) is 14.4 Å². The van der Waals surface area contributed by atoms with Gasteiger partial charge in [-0.1, -0.05) is 71.2 Å². The van der Waals surface area contributed by atoms with Crippen LogP contribution in [0.3, 0.4) is 0 Å². The predicted molar refractivity (Wildman–Crippen MR) is 149 cm³/mol. The second kappa shape index (κ2) is 14.0. The van der Waals surface area contributed by atoms with E-state index >= 15 is 0 Å². The third kappa shape index (κ3) is 9.01. The number of carbonyl (C=O) groups is 3. The molecule has 0 fully saturated rings. The van der Waals surface area contributed by atoms with E-state index in [0.717, 1.165) is 59.6 Å². The van der Waals surface area contributed by atoms with Gasteiger partial charge in [-0.05, 0) is 53.9 Å². The first-order valence-corrected chi connectivity index (χ1v) is 13.8. The number of carbonyl (C=O) groups excluding carboxylic acids is 2. The third-order valence-corrected chi connectivity index (χ3v) is 6.79. The molecule has 0 saturated carbocycles. The van der Waals surface area contributed by atoms with Crippen LogP contribution in [0.4, 0.5) is 5.69 Å². The van der Waals surface area contributed by atoms with Gasteiger partial charge in [0.05, 0.1) is 6.61 Å². The Bertz CT molecular complexity index is 1150. The summed E-state index contributed by atoms with van der Waals surface area (Å²) in [5.41, 5.74) is 3.64. The van der Waals surface area contributed by atoms with Gasteiger partial charge in [0.15, 0.2) is 11.5 Å². The van der Waals surface area contributed by atoms with E-state index in [0.29, 0.717) is 19.3 Å². The number of hydrogen-bond acceptors (Lipinski definition) is 6. The molecule has 1 heterocycles. The maximum absolute atomic E-state index is 13.5. The van der Waals surface area contributed by atoms with Crippen molar-refractivity contribution in [1.82, 2.24) is 0 Å². The van der Waals surface area contributed by atoms with E-state index in [1.165, 1.54) is 0 Å². The first-order valence-electron chi connectivity index (χ1n) is 13.8. The SMILES string of the molecule is CCCCCC(CC(=O)Nc1cc(CCCOC(=O)CC(=O)O)ccc1C(C)(C)C)c1cccc2c1OCO2. The number of amides is 1. The first-order chi connectivity index (χ1) is 18.6. The molecular weight excluding hydrogens is 498 g/mol. The van der Waals surface area contributed by atoms with Gasteiger partial charge in [0.1, 0.15) is 6.42 Å². The highest BCUT2D eigenvalue weighted by molar-refractivity contribution is 5.92. The summed E-state index contributed by atoms with van der Waals surface area (Å²) < 4.78 is 16.3. The Labute approximate surface area is 231 Å². The number of ether oxygens (including phenoxy) is 3. The number of anilines is 1. The van der Waals surface area contributed by atoms with Crippen molar-refractivity contribution in [3.05, 3.63) is 53.1 Å². The average molecular weight is 540 g/mol. The fourth-order valence-electron chi connectivity index (χ4n) is 4.85. The van der Waals surface area contributed by atoms with Gasteiger partial charge in [-0.15, -0.1) is 0 Å². The second-order valence-electron chi connectivity index (χ2n) is 11.1. The highest BCUT2D eigenvalue weighted by atomic mass is 16.7. The lowest BCUT2D eigenvalue weighted by atomic mass is 9.84. The van der Waals surface area contributed by atoms with Crippen molar-refractivity contribution in [2.75, 3.05) is 18.7 Å². The molecule has 1 aliphatic rings. The van der Waals surface area contributed by atoms with Crippen LogP contribution < -0.4 is 14.8 Å². The zero-order chi connectivity index (χ0) is 28.4. The molecule has 0 bridgehead atoms. The van der Waals surface area contributed by atoms with E-state index in [9.17, 15) is 14.4 Å². The minimum Gasteiger partial charge on any atom is -0.481 e. The third-order valence-electron chi connectivity index (χ3n) is 6.79. The molecule has 8 heteroatoms. The largest absolute Gasteiger partial charge is 0.481 e. The Morgan fingerprint density at radius 1 is 1.08 bits per heavy atom. The standard InChI is InChI=1S/C31H41NO7/c1-5-6-7-11-22(23-12-8-13-26-30(23)39-20-38-26)18-27(33)32-25-17-21(14-15-24(25)31(2,3)4)10-9-16-37-29(36)19-28(34)35/h8,12-15,17,22H,5-7,9-11,16,18-20H2,1-4H3,(H,32,33)(H,34,35). The number of carboxylic acid groups (broad SMARTS) is 1. The summed E-state index contributed by atoms with van der Waals surface area (Å²) in [5, 5.41) is 11.9. The maximum atomic E-state index is 13.5. The van der Waals surface area contributed by atoms with Crippen LogP contribution >= 0.6 is 0 Å². The number of aryl methyl sites for hydroxylation is 1. The summed E-state index contributed by atoms with van der Waals surface area (Å²) in [7, 11) is 0. The number of esters is 1. The number of rotatable bonds is 14. The Hall–Kier alpha value is -3.55. The lowest BCUT2D eigenvalue weighted by Gasteiger charge is -2.25. The molecule has 2 aromatic carbocycles. The van der Waals surface area contributed by atoms with Gasteiger partial charge >= 0.3 is 11.9 Å². The van der Waals surface area contributed by atoms with Crippen molar-refractivity contribution in [2.24, 2.45) is 0 Å². The van der Waals surface area contributed by atoms with Crippen molar-refractivity contribution < 1.29 is 33.7 Å². The molecule has 39 heavy (non-hydrogen) atoms. The number of hydrogen-bond donors (Lipinski definition) is 2. The van der Waals surface area contributed by atoms with Gasteiger partial charge < -0.3 is 24.6 Å². The van der Waals surface area contributed by atoms with Crippen LogP contribution in [0.15, 0.2) is 36.4 Å². The molecule has 1 atom stereocenters. The fraction of sp³-hybridized carbons (Fsp3) is 0.516. The summed E-state index contributed by atoms with van der Waals surface area (Å²) in [4.78, 5) is 35.5. The maximum Gasteiger partial charge on any atom is 0.317 e. The van der Waals surface area contributed by atoms with Crippen LogP contribution in [0, 0.1) is 0 Å². The van der Waals surface area contributed by atoms with Crippen molar-refractivity contribution >= 4 is 23.5 Å². The molecule has 2 aromatic rings. The second-order valence-corrected chi connectivity index (χ2v) is 11.1. The van der Waals surface area contributed by atoms with Crippen molar-refractivity contribution in [2.45, 2.75) is 90.4 Å². The Kier molecular flexibility index (Phi) is 10.8. The van der Waals surface area contributed by atoms with Crippen LogP contribution in [0.2, 0.25) is 0 Å². The van der Waals surface area contributed by atoms with Crippen molar-refractivity contribution in [3.63, 3.8) is 0 Å². The Morgan fingerprint density at radius 3 is 2.59 bits per heavy atom. The highest BCUT2D eigenvalue weighted by Crippen LogP contribution is 2.42. The summed E-state index contributed by atoms with van der Waals surface area (Å²) in [6, 6.07) is 11.9. The number of carboxylic acids is 1. The zero-order valence-electron chi connectivity index (χ0n) is 23.5. The van der Waals surface area contributed by atoms with E-state index in [4.69, 9.17) is 19.3 Å². The van der Waals surface area contributed by atoms with Gasteiger partial charge in [0.25, 0.3) is 0 Å². The fourth-order valence-corrected chi connectivity index (χ4v) is 4.85. The molecule has 0 radical (unpaired) electrons. The lowest BCUT2D eigenvalue weighted by molar-refractivity contribution is -0.151. The van der Waals surface area contributed by atoms with E-state index in [2.05, 4.69) is 33.0 Å². The number of unbranched alkanes of at least 4 members (excludes halogenated alkanes) is 2. The molecule has 0 spiro atoms. The van der Waals surface area contributed by atoms with Gasteiger partial charge in [0, 0.05) is 17.7 Å². The minimum atomic E-state index is -1.21. The molecule has 2 N–H and O–H groups in total. The van der Waals surface area contributed by atoms with Crippen LogP contribution in [-0.4, -0.2) is 36.4 Å². The van der Waals surface area contributed by atoms with Crippen LogP contribution in [0.25, 0.3) is 0 Å². The van der Waals surface area contributed by atoms with Crippen molar-refractivity contribution in [3.8, 4) is 11.5 Å². The molecule has 0 aliphatic carbocycles. The molecule has 1 amide bonds. The number of aliphatic carboxylic acids is 1. The van der Waals surface area contributed by atoms with Gasteiger partial charge in [-0.25, -0.2) is 0 Å². The smallest absolute Gasteiger partial charge is 0.317 e. The minimum absolute atomic E-state index is 0.00922. The lowest BCUT2D eigenvalue weighted by Crippen LogP contribution is -2.21. The molecule has 212 valence electrons. The van der Waals surface area contributed by atoms with Crippen LogP contribution in [0.1, 0.15) is 95.2 Å². The molecule has 1 aliphatic heterocycles. The predicted octanol–water partition coefficient (Wildman–Crippen LogP) is 6.36. The monoisotopic (exact) mass is 539 g/mol. The zero-order valence-corrected chi connectivity index (χ0v) is 23.5. The summed E-state index contributed by atoms with van der Waals surface area (Å²) in [6.45, 7) is 8.83. The normalized spacial score (nSPS) is 13.1. The van der Waals surface area contributed by atoms with E-state index in [-0.39, 0.29) is 30.6 Å². The molecule has 1 unspecified atom stereocenters. The van der Waals surface area contributed by atoms with E-state index in [1.807, 2.05) is 36.4 Å². The summed E-state index contributed by atoms with van der Waals surface area (Å²) >= 11 is 0. The molecule has 8 nitrogen and oxygen atoms in total. The highest BCUT2D eigenvalue weighted by Gasteiger charge is 2.26. The summed E-state index contributed by atoms with van der Waals surface area (Å²) in [6.07, 6.45) is 4.98. The Balaban J connectivity index is 1.72. The van der Waals surface area contributed by atoms with E-state index < -0.39 is 18.4 Å². The summed E-state index contributed by atoms with van der Waals surface area (Å²) in [5.74, 6) is -0.525.